The normalized spacial score (nSPS) is 10.5. The van der Waals surface area contributed by atoms with E-state index in [-0.39, 0.29) is 5.91 Å². The molecule has 8 heteroatoms. The summed E-state index contributed by atoms with van der Waals surface area (Å²) < 4.78 is 16.9. The Bertz CT molecular complexity index is 1180. The molecule has 0 aliphatic rings. The molecule has 0 unspecified atom stereocenters. The Morgan fingerprint density at radius 3 is 2.61 bits per heavy atom. The van der Waals surface area contributed by atoms with Crippen LogP contribution in [-0.4, -0.2) is 23.0 Å². The van der Waals surface area contributed by atoms with Gasteiger partial charge in [0.15, 0.2) is 11.5 Å². The van der Waals surface area contributed by atoms with Crippen LogP contribution in [0.4, 0.5) is 0 Å². The molecule has 0 aliphatic heterocycles. The number of hydrogen-bond acceptors (Lipinski definition) is 7. The van der Waals surface area contributed by atoms with E-state index in [1.807, 2.05) is 47.8 Å². The summed E-state index contributed by atoms with van der Waals surface area (Å²) in [6.07, 6.45) is 1.67. The molecule has 0 saturated carbocycles. The molecule has 1 N–H and O–H groups in total. The summed E-state index contributed by atoms with van der Waals surface area (Å²) in [6.45, 7) is 1.11. The maximum atomic E-state index is 12.7. The quantitative estimate of drug-likeness (QED) is 0.371. The first-order valence-electron chi connectivity index (χ1n) is 10.3. The van der Waals surface area contributed by atoms with Crippen molar-refractivity contribution in [1.82, 2.24) is 15.3 Å². The number of pyridine rings is 1. The summed E-state index contributed by atoms with van der Waals surface area (Å²) in [6, 6.07) is 18.6. The zero-order valence-corrected chi connectivity index (χ0v) is 18.9. The van der Waals surface area contributed by atoms with Crippen molar-refractivity contribution >= 4 is 17.2 Å². The number of methoxy groups -OCH3 is 1. The Hall–Kier alpha value is -3.91. The number of nitrogens with one attached hydrogen (secondary N) is 1. The standard InChI is InChI=1S/C25H23N3O4S/c1-30-23-12-20(7-8-22(23)31-15-21-16-33-17-28-21)25(29)27-13-19-9-10-26-24(11-19)32-14-18-5-3-2-4-6-18/h2-12,16-17H,13-15H2,1H3,(H,27,29). The zero-order chi connectivity index (χ0) is 22.9. The minimum atomic E-state index is -0.220. The van der Waals surface area contributed by atoms with E-state index >= 15 is 0 Å². The Morgan fingerprint density at radius 1 is 0.939 bits per heavy atom. The van der Waals surface area contributed by atoms with Crippen LogP contribution in [-0.2, 0) is 19.8 Å². The van der Waals surface area contributed by atoms with E-state index in [2.05, 4.69) is 15.3 Å². The Morgan fingerprint density at radius 2 is 1.82 bits per heavy atom. The van der Waals surface area contributed by atoms with Gasteiger partial charge in [-0.2, -0.15) is 0 Å². The highest BCUT2D eigenvalue weighted by molar-refractivity contribution is 7.07. The molecular weight excluding hydrogens is 438 g/mol. The molecular formula is C25H23N3O4S. The third kappa shape index (κ3) is 6.30. The van der Waals surface area contributed by atoms with Crippen LogP contribution in [0.15, 0.2) is 77.8 Å². The number of thiazole rings is 1. The van der Waals surface area contributed by atoms with Crippen LogP contribution < -0.4 is 19.5 Å². The highest BCUT2D eigenvalue weighted by Crippen LogP contribution is 2.29. The maximum absolute atomic E-state index is 12.7. The van der Waals surface area contributed by atoms with Crippen molar-refractivity contribution in [2.75, 3.05) is 7.11 Å². The molecule has 2 aromatic heterocycles. The molecule has 0 saturated heterocycles. The molecule has 4 rings (SSSR count). The van der Waals surface area contributed by atoms with Gasteiger partial charge in [0.25, 0.3) is 5.91 Å². The van der Waals surface area contributed by atoms with E-state index in [0.29, 0.717) is 42.7 Å². The number of ether oxygens (including phenoxy) is 3. The summed E-state index contributed by atoms with van der Waals surface area (Å²) in [4.78, 5) is 21.1. The lowest BCUT2D eigenvalue weighted by molar-refractivity contribution is 0.0950. The van der Waals surface area contributed by atoms with Gasteiger partial charge in [-0.1, -0.05) is 30.3 Å². The molecule has 0 bridgehead atoms. The Balaban J connectivity index is 1.33. The molecule has 0 aliphatic carbocycles. The molecule has 0 spiro atoms. The average molecular weight is 462 g/mol. The summed E-state index contributed by atoms with van der Waals surface area (Å²) in [5.41, 5.74) is 5.02. The first-order chi connectivity index (χ1) is 16.2. The molecule has 0 atom stereocenters. The number of benzene rings is 2. The predicted molar refractivity (Wildman–Crippen MR) is 126 cm³/mol. The van der Waals surface area contributed by atoms with Crippen LogP contribution in [0.25, 0.3) is 0 Å². The topological polar surface area (TPSA) is 82.6 Å². The van der Waals surface area contributed by atoms with Gasteiger partial charge in [-0.25, -0.2) is 9.97 Å². The van der Waals surface area contributed by atoms with Crippen LogP contribution in [0.1, 0.15) is 27.2 Å². The number of carbonyl (C=O) groups excluding carboxylic acids is 1. The van der Waals surface area contributed by atoms with Crippen LogP contribution in [0.3, 0.4) is 0 Å². The van der Waals surface area contributed by atoms with Crippen molar-refractivity contribution in [3.63, 3.8) is 0 Å². The first-order valence-corrected chi connectivity index (χ1v) is 11.2. The molecule has 7 nitrogen and oxygen atoms in total. The van der Waals surface area contributed by atoms with Crippen LogP contribution in [0.5, 0.6) is 17.4 Å². The van der Waals surface area contributed by atoms with E-state index in [1.165, 1.54) is 11.3 Å². The largest absolute Gasteiger partial charge is 0.493 e. The van der Waals surface area contributed by atoms with Crippen molar-refractivity contribution in [1.29, 1.82) is 0 Å². The van der Waals surface area contributed by atoms with E-state index < -0.39 is 0 Å². The monoisotopic (exact) mass is 461 g/mol. The van der Waals surface area contributed by atoms with E-state index in [4.69, 9.17) is 14.2 Å². The van der Waals surface area contributed by atoms with Crippen molar-refractivity contribution in [3.05, 3.63) is 100 Å². The second-order valence-corrected chi connectivity index (χ2v) is 7.81. The summed E-state index contributed by atoms with van der Waals surface area (Å²) in [7, 11) is 1.54. The van der Waals surface area contributed by atoms with E-state index in [0.717, 1.165) is 16.8 Å². The number of nitrogens with zero attached hydrogens (tertiary/aromatic N) is 2. The van der Waals surface area contributed by atoms with Gasteiger partial charge < -0.3 is 19.5 Å². The number of carbonyl (C=O) groups is 1. The highest BCUT2D eigenvalue weighted by atomic mass is 32.1. The second kappa shape index (κ2) is 11.1. The highest BCUT2D eigenvalue weighted by Gasteiger charge is 2.12. The number of aromatic nitrogens is 2. The van der Waals surface area contributed by atoms with Crippen LogP contribution >= 0.6 is 11.3 Å². The molecule has 4 aromatic rings. The lowest BCUT2D eigenvalue weighted by Crippen LogP contribution is -2.22. The smallest absolute Gasteiger partial charge is 0.251 e. The van der Waals surface area contributed by atoms with Crippen LogP contribution in [0.2, 0.25) is 0 Å². The Labute approximate surface area is 196 Å². The van der Waals surface area contributed by atoms with Crippen molar-refractivity contribution in [2.45, 2.75) is 19.8 Å². The molecule has 1 amide bonds. The van der Waals surface area contributed by atoms with E-state index in [1.54, 1.807) is 37.0 Å². The number of amides is 1. The fraction of sp³-hybridized carbons (Fsp3) is 0.160. The minimum absolute atomic E-state index is 0.220. The SMILES string of the molecule is COc1cc(C(=O)NCc2ccnc(OCc3ccccc3)c2)ccc1OCc1cscn1. The van der Waals surface area contributed by atoms with Gasteiger partial charge in [0.05, 0.1) is 18.3 Å². The van der Waals surface area contributed by atoms with Crippen molar-refractivity contribution in [3.8, 4) is 17.4 Å². The molecule has 33 heavy (non-hydrogen) atoms. The van der Waals surface area contributed by atoms with Gasteiger partial charge in [-0.05, 0) is 35.4 Å². The lowest BCUT2D eigenvalue weighted by atomic mass is 10.1. The fourth-order valence-corrected chi connectivity index (χ4v) is 3.59. The van der Waals surface area contributed by atoms with Gasteiger partial charge in [0, 0.05) is 29.8 Å². The maximum Gasteiger partial charge on any atom is 0.251 e. The summed E-state index contributed by atoms with van der Waals surface area (Å²) in [5, 5.41) is 4.84. The van der Waals surface area contributed by atoms with Crippen molar-refractivity contribution < 1.29 is 19.0 Å². The van der Waals surface area contributed by atoms with Crippen molar-refractivity contribution in [2.24, 2.45) is 0 Å². The second-order valence-electron chi connectivity index (χ2n) is 7.09. The van der Waals surface area contributed by atoms with Gasteiger partial charge >= 0.3 is 0 Å². The summed E-state index contributed by atoms with van der Waals surface area (Å²) in [5.74, 6) is 1.33. The average Bonchev–Trinajstić information content (AvgIpc) is 3.39. The fourth-order valence-electron chi connectivity index (χ4n) is 3.04. The number of hydrogen-bond donors (Lipinski definition) is 1. The molecule has 0 radical (unpaired) electrons. The number of rotatable bonds is 10. The van der Waals surface area contributed by atoms with Gasteiger partial charge in [0.2, 0.25) is 5.88 Å². The first kappa shape index (κ1) is 22.3. The third-order valence-electron chi connectivity index (χ3n) is 4.77. The zero-order valence-electron chi connectivity index (χ0n) is 18.1. The van der Waals surface area contributed by atoms with E-state index in [9.17, 15) is 4.79 Å². The Kier molecular flexibility index (Phi) is 7.50. The van der Waals surface area contributed by atoms with Gasteiger partial charge in [-0.3, -0.25) is 4.79 Å². The molecule has 168 valence electrons. The molecule has 2 aromatic carbocycles. The lowest BCUT2D eigenvalue weighted by Gasteiger charge is -2.12. The van der Waals surface area contributed by atoms with Crippen LogP contribution in [0, 0.1) is 0 Å². The van der Waals surface area contributed by atoms with Gasteiger partial charge in [0.1, 0.15) is 13.2 Å². The third-order valence-corrected chi connectivity index (χ3v) is 5.40. The molecule has 2 heterocycles. The summed E-state index contributed by atoms with van der Waals surface area (Å²) >= 11 is 1.51. The minimum Gasteiger partial charge on any atom is -0.493 e. The predicted octanol–water partition coefficient (Wildman–Crippen LogP) is 4.63. The van der Waals surface area contributed by atoms with Gasteiger partial charge in [-0.15, -0.1) is 11.3 Å². The molecule has 0 fully saturated rings.